The van der Waals surface area contributed by atoms with Gasteiger partial charge in [-0.25, -0.2) is 0 Å². The van der Waals surface area contributed by atoms with Gasteiger partial charge in [-0.05, 0) is 36.4 Å². The number of hydrogen-bond acceptors (Lipinski definition) is 2. The van der Waals surface area contributed by atoms with Gasteiger partial charge in [-0.2, -0.15) is 0 Å². The normalized spacial score (nSPS) is 10.5. The zero-order chi connectivity index (χ0) is 17.1. The van der Waals surface area contributed by atoms with Crippen molar-refractivity contribution in [3.8, 4) is 11.3 Å². The minimum atomic E-state index is -0.280. The summed E-state index contributed by atoms with van der Waals surface area (Å²) < 4.78 is 0. The molecule has 1 heterocycles. The van der Waals surface area contributed by atoms with Gasteiger partial charge in [0.15, 0.2) is 0 Å². The SMILES string of the molecule is O=C(Nc1cccc(Cl)c1Cl)c1ccc(-c2ncccc2Cl)cc1. The van der Waals surface area contributed by atoms with Crippen molar-refractivity contribution in [3.63, 3.8) is 0 Å². The Morgan fingerprint density at radius 1 is 0.875 bits per heavy atom. The lowest BCUT2D eigenvalue weighted by molar-refractivity contribution is 0.102. The van der Waals surface area contributed by atoms with E-state index in [-0.39, 0.29) is 5.91 Å². The number of carbonyl (C=O) groups excluding carboxylic acids is 1. The summed E-state index contributed by atoms with van der Waals surface area (Å²) in [6.45, 7) is 0. The minimum Gasteiger partial charge on any atom is -0.321 e. The molecule has 0 aliphatic heterocycles. The number of hydrogen-bond donors (Lipinski definition) is 1. The topological polar surface area (TPSA) is 42.0 Å². The van der Waals surface area contributed by atoms with Crippen LogP contribution in [0, 0.1) is 0 Å². The molecule has 3 rings (SSSR count). The molecule has 0 unspecified atom stereocenters. The van der Waals surface area contributed by atoms with E-state index in [1.54, 1.807) is 60.8 Å². The van der Waals surface area contributed by atoms with Crippen LogP contribution in [0.4, 0.5) is 5.69 Å². The number of carbonyl (C=O) groups is 1. The van der Waals surface area contributed by atoms with Gasteiger partial charge in [0.05, 0.1) is 26.4 Å². The van der Waals surface area contributed by atoms with Gasteiger partial charge in [-0.3, -0.25) is 9.78 Å². The highest BCUT2D eigenvalue weighted by molar-refractivity contribution is 6.44. The van der Waals surface area contributed by atoms with Crippen LogP contribution in [0.25, 0.3) is 11.3 Å². The molecular formula is C18H11Cl3N2O. The molecule has 0 radical (unpaired) electrons. The highest BCUT2D eigenvalue weighted by atomic mass is 35.5. The summed E-state index contributed by atoms with van der Waals surface area (Å²) in [5.41, 5.74) is 2.45. The third-order valence-corrected chi connectivity index (χ3v) is 4.50. The molecule has 0 saturated heterocycles. The largest absolute Gasteiger partial charge is 0.321 e. The van der Waals surface area contributed by atoms with Gasteiger partial charge in [-0.15, -0.1) is 0 Å². The molecule has 2 aromatic carbocycles. The van der Waals surface area contributed by atoms with Crippen molar-refractivity contribution in [2.45, 2.75) is 0 Å². The number of anilines is 1. The van der Waals surface area contributed by atoms with E-state index in [1.807, 2.05) is 0 Å². The fourth-order valence-corrected chi connectivity index (χ4v) is 2.75. The lowest BCUT2D eigenvalue weighted by Gasteiger charge is -2.09. The van der Waals surface area contributed by atoms with Gasteiger partial charge in [-0.1, -0.05) is 53.0 Å². The second kappa shape index (κ2) is 7.22. The Labute approximate surface area is 154 Å². The summed E-state index contributed by atoms with van der Waals surface area (Å²) in [6.07, 6.45) is 1.67. The number of rotatable bonds is 3. The first kappa shape index (κ1) is 16.8. The van der Waals surface area contributed by atoms with Crippen LogP contribution in [0.1, 0.15) is 10.4 Å². The van der Waals surface area contributed by atoms with Crippen LogP contribution in [0.3, 0.4) is 0 Å². The van der Waals surface area contributed by atoms with Crippen LogP contribution in [0.2, 0.25) is 15.1 Å². The maximum atomic E-state index is 12.3. The highest BCUT2D eigenvalue weighted by Gasteiger charge is 2.11. The molecule has 120 valence electrons. The van der Waals surface area contributed by atoms with E-state index in [4.69, 9.17) is 34.8 Å². The summed E-state index contributed by atoms with van der Waals surface area (Å²) in [6, 6.07) is 15.6. The van der Waals surface area contributed by atoms with E-state index >= 15 is 0 Å². The summed E-state index contributed by atoms with van der Waals surface area (Å²) >= 11 is 18.2. The molecule has 0 bridgehead atoms. The van der Waals surface area contributed by atoms with Crippen LogP contribution in [-0.2, 0) is 0 Å². The lowest BCUT2D eigenvalue weighted by atomic mass is 10.1. The molecule has 0 saturated carbocycles. The fourth-order valence-electron chi connectivity index (χ4n) is 2.17. The van der Waals surface area contributed by atoms with Gasteiger partial charge < -0.3 is 5.32 Å². The van der Waals surface area contributed by atoms with Crippen LogP contribution >= 0.6 is 34.8 Å². The second-order valence-electron chi connectivity index (χ2n) is 4.97. The average molecular weight is 378 g/mol. The van der Waals surface area contributed by atoms with Crippen molar-refractivity contribution in [1.29, 1.82) is 0 Å². The smallest absolute Gasteiger partial charge is 0.255 e. The molecule has 3 nitrogen and oxygen atoms in total. The Balaban J connectivity index is 1.82. The maximum Gasteiger partial charge on any atom is 0.255 e. The Morgan fingerprint density at radius 2 is 1.58 bits per heavy atom. The zero-order valence-corrected chi connectivity index (χ0v) is 14.5. The number of aromatic nitrogens is 1. The van der Waals surface area contributed by atoms with E-state index in [1.165, 1.54) is 0 Å². The highest BCUT2D eigenvalue weighted by Crippen LogP contribution is 2.30. The van der Waals surface area contributed by atoms with Gasteiger partial charge in [0.1, 0.15) is 0 Å². The van der Waals surface area contributed by atoms with Gasteiger partial charge >= 0.3 is 0 Å². The number of nitrogens with zero attached hydrogens (tertiary/aromatic N) is 1. The maximum absolute atomic E-state index is 12.3. The standard InChI is InChI=1S/C18H11Cl3N2O/c19-13-3-1-5-15(16(13)21)23-18(24)12-8-6-11(7-9-12)17-14(20)4-2-10-22-17/h1-10H,(H,23,24). The van der Waals surface area contributed by atoms with Gasteiger partial charge in [0.2, 0.25) is 0 Å². The van der Waals surface area contributed by atoms with Gasteiger partial charge in [0.25, 0.3) is 5.91 Å². The summed E-state index contributed by atoms with van der Waals surface area (Å²) in [5, 5.41) is 3.99. The Morgan fingerprint density at radius 3 is 2.29 bits per heavy atom. The van der Waals surface area contributed by atoms with E-state index in [0.29, 0.717) is 32.0 Å². The summed E-state index contributed by atoms with van der Waals surface area (Å²) in [7, 11) is 0. The monoisotopic (exact) mass is 376 g/mol. The quantitative estimate of drug-likeness (QED) is 0.612. The Kier molecular flexibility index (Phi) is 5.05. The van der Waals surface area contributed by atoms with Crippen molar-refractivity contribution in [1.82, 2.24) is 4.98 Å². The molecule has 3 aromatic rings. The molecular weight excluding hydrogens is 367 g/mol. The average Bonchev–Trinajstić information content (AvgIpc) is 2.59. The summed E-state index contributed by atoms with van der Waals surface area (Å²) in [4.78, 5) is 16.6. The van der Waals surface area contributed by atoms with Crippen LogP contribution in [0.15, 0.2) is 60.8 Å². The Hall–Kier alpha value is -2.07. The zero-order valence-electron chi connectivity index (χ0n) is 12.3. The van der Waals surface area contributed by atoms with E-state index in [2.05, 4.69) is 10.3 Å². The first-order chi connectivity index (χ1) is 11.6. The molecule has 0 spiro atoms. The van der Waals surface area contributed by atoms with Crippen LogP contribution < -0.4 is 5.32 Å². The Bertz CT molecular complexity index is 895. The molecule has 24 heavy (non-hydrogen) atoms. The van der Waals surface area contributed by atoms with E-state index in [9.17, 15) is 4.79 Å². The molecule has 1 aromatic heterocycles. The number of amides is 1. The lowest BCUT2D eigenvalue weighted by Crippen LogP contribution is -2.12. The minimum absolute atomic E-state index is 0.280. The van der Waals surface area contributed by atoms with Crippen molar-refractivity contribution < 1.29 is 4.79 Å². The predicted octanol–water partition coefficient (Wildman–Crippen LogP) is 5.96. The number of halogens is 3. The third kappa shape index (κ3) is 3.54. The van der Waals surface area contributed by atoms with Crippen molar-refractivity contribution in [2.75, 3.05) is 5.32 Å². The molecule has 0 aliphatic rings. The predicted molar refractivity (Wildman–Crippen MR) is 99.1 cm³/mol. The number of benzene rings is 2. The summed E-state index contributed by atoms with van der Waals surface area (Å²) in [5.74, 6) is -0.280. The van der Waals surface area contributed by atoms with Crippen molar-refractivity contribution >= 4 is 46.4 Å². The molecule has 0 atom stereocenters. The fraction of sp³-hybridized carbons (Fsp3) is 0. The van der Waals surface area contributed by atoms with Gasteiger partial charge in [0, 0.05) is 17.3 Å². The molecule has 0 fully saturated rings. The van der Waals surface area contributed by atoms with E-state index < -0.39 is 0 Å². The molecule has 1 amide bonds. The molecule has 1 N–H and O–H groups in total. The first-order valence-corrected chi connectivity index (χ1v) is 8.16. The van der Waals surface area contributed by atoms with Crippen LogP contribution in [-0.4, -0.2) is 10.9 Å². The van der Waals surface area contributed by atoms with Crippen molar-refractivity contribution in [2.24, 2.45) is 0 Å². The van der Waals surface area contributed by atoms with E-state index in [0.717, 1.165) is 5.56 Å². The molecule has 6 heteroatoms. The number of nitrogens with one attached hydrogen (secondary N) is 1. The van der Waals surface area contributed by atoms with Crippen LogP contribution in [0.5, 0.6) is 0 Å². The molecule has 0 aliphatic carbocycles. The second-order valence-corrected chi connectivity index (χ2v) is 6.16. The van der Waals surface area contributed by atoms with Crippen molar-refractivity contribution in [3.05, 3.63) is 81.4 Å². The third-order valence-electron chi connectivity index (χ3n) is 3.38. The number of pyridine rings is 1. The first-order valence-electron chi connectivity index (χ1n) is 7.02.